The van der Waals surface area contributed by atoms with Crippen molar-refractivity contribution in [2.75, 3.05) is 25.4 Å². The Morgan fingerprint density at radius 1 is 1.64 bits per heavy atom. The number of hydrogen-bond acceptors (Lipinski definition) is 4. The van der Waals surface area contributed by atoms with Crippen molar-refractivity contribution in [3.8, 4) is 0 Å². The molecule has 1 saturated heterocycles. The van der Waals surface area contributed by atoms with Crippen molar-refractivity contribution >= 4 is 16.0 Å². The van der Waals surface area contributed by atoms with E-state index >= 15 is 0 Å². The van der Waals surface area contributed by atoms with Gasteiger partial charge in [-0.2, -0.15) is 4.31 Å². The molecular formula is C7H13NO5S. The first kappa shape index (κ1) is 11.4. The van der Waals surface area contributed by atoms with Crippen LogP contribution in [0.3, 0.4) is 0 Å². The molecule has 6 nitrogen and oxygen atoms in total. The number of carbonyl (C=O) groups is 1. The second-order valence-electron chi connectivity index (χ2n) is 3.19. The first-order valence-corrected chi connectivity index (χ1v) is 5.84. The number of ether oxygens (including phenoxy) is 1. The van der Waals surface area contributed by atoms with Gasteiger partial charge in [0, 0.05) is 13.1 Å². The van der Waals surface area contributed by atoms with Gasteiger partial charge in [-0.3, -0.25) is 4.79 Å². The summed E-state index contributed by atoms with van der Waals surface area (Å²) in [4.78, 5) is 10.3. The van der Waals surface area contributed by atoms with Crippen LogP contribution in [0.15, 0.2) is 0 Å². The fourth-order valence-electron chi connectivity index (χ4n) is 1.29. The van der Waals surface area contributed by atoms with Crippen molar-refractivity contribution in [2.45, 2.75) is 13.0 Å². The number of carboxylic acids is 1. The zero-order valence-corrected chi connectivity index (χ0v) is 8.66. The van der Waals surface area contributed by atoms with Crippen LogP contribution in [0.5, 0.6) is 0 Å². The average Bonchev–Trinajstić information content (AvgIpc) is 2.01. The molecule has 1 fully saturated rings. The molecule has 0 aromatic rings. The minimum absolute atomic E-state index is 0.174. The third-order valence-electron chi connectivity index (χ3n) is 1.90. The van der Waals surface area contributed by atoms with Crippen LogP contribution < -0.4 is 0 Å². The number of hydrogen-bond donors (Lipinski definition) is 1. The van der Waals surface area contributed by atoms with Gasteiger partial charge in [-0.05, 0) is 6.92 Å². The molecular weight excluding hydrogens is 210 g/mol. The van der Waals surface area contributed by atoms with E-state index in [9.17, 15) is 13.2 Å². The van der Waals surface area contributed by atoms with Gasteiger partial charge in [-0.15, -0.1) is 0 Å². The van der Waals surface area contributed by atoms with Gasteiger partial charge in [0.15, 0.2) is 5.75 Å². The lowest BCUT2D eigenvalue weighted by molar-refractivity contribution is -0.134. The lowest BCUT2D eigenvalue weighted by Crippen LogP contribution is -2.46. The Labute approximate surface area is 82.5 Å². The second kappa shape index (κ2) is 4.24. The zero-order chi connectivity index (χ0) is 10.8. The molecule has 1 aliphatic rings. The van der Waals surface area contributed by atoms with Crippen LogP contribution in [0.25, 0.3) is 0 Å². The number of nitrogens with zero attached hydrogens (tertiary/aromatic N) is 1. The van der Waals surface area contributed by atoms with Gasteiger partial charge < -0.3 is 9.84 Å². The highest BCUT2D eigenvalue weighted by molar-refractivity contribution is 7.89. The maximum absolute atomic E-state index is 11.4. The minimum atomic E-state index is -3.66. The third-order valence-corrected chi connectivity index (χ3v) is 3.63. The van der Waals surface area contributed by atoms with Gasteiger partial charge in [0.1, 0.15) is 0 Å². The van der Waals surface area contributed by atoms with Crippen molar-refractivity contribution in [2.24, 2.45) is 0 Å². The van der Waals surface area contributed by atoms with Crippen LogP contribution in [0.2, 0.25) is 0 Å². The summed E-state index contributed by atoms with van der Waals surface area (Å²) >= 11 is 0. The van der Waals surface area contributed by atoms with Gasteiger partial charge in [-0.1, -0.05) is 0 Å². The molecule has 1 rings (SSSR count). The standard InChI is InChI=1S/C7H13NO5S/c1-6-4-8(2-3-13-6)14(11,12)5-7(9)10/h6H,2-5H2,1H3,(H,9,10). The number of morpholine rings is 1. The van der Waals surface area contributed by atoms with Crippen LogP contribution in [0.4, 0.5) is 0 Å². The summed E-state index contributed by atoms with van der Waals surface area (Å²) in [5.41, 5.74) is 0. The number of aliphatic carboxylic acids is 1. The normalized spacial score (nSPS) is 24.8. The summed E-state index contributed by atoms with van der Waals surface area (Å²) in [7, 11) is -3.66. The molecule has 0 aliphatic carbocycles. The first-order chi connectivity index (χ1) is 6.42. The smallest absolute Gasteiger partial charge is 0.320 e. The average molecular weight is 223 g/mol. The topological polar surface area (TPSA) is 83.9 Å². The molecule has 0 bridgehead atoms. The number of sulfonamides is 1. The molecule has 0 amide bonds. The predicted molar refractivity (Wildman–Crippen MR) is 48.4 cm³/mol. The summed E-state index contributed by atoms with van der Waals surface area (Å²) in [5.74, 6) is -2.18. The molecule has 0 saturated carbocycles. The Balaban J connectivity index is 2.67. The second-order valence-corrected chi connectivity index (χ2v) is 5.16. The van der Waals surface area contributed by atoms with Crippen LogP contribution in [-0.2, 0) is 19.6 Å². The molecule has 0 radical (unpaired) electrons. The summed E-state index contributed by atoms with van der Waals surface area (Å²) in [6, 6.07) is 0. The summed E-state index contributed by atoms with van der Waals surface area (Å²) in [5, 5.41) is 8.41. The fourth-order valence-corrected chi connectivity index (χ4v) is 2.57. The van der Waals surface area contributed by atoms with E-state index in [0.717, 1.165) is 4.31 Å². The zero-order valence-electron chi connectivity index (χ0n) is 7.84. The van der Waals surface area contributed by atoms with E-state index in [2.05, 4.69) is 0 Å². The van der Waals surface area contributed by atoms with E-state index in [-0.39, 0.29) is 19.2 Å². The largest absolute Gasteiger partial charge is 0.480 e. The summed E-state index contributed by atoms with van der Waals surface area (Å²) in [6.45, 7) is 2.54. The maximum atomic E-state index is 11.4. The Morgan fingerprint density at radius 2 is 2.29 bits per heavy atom. The van der Waals surface area contributed by atoms with Crippen molar-refractivity contribution in [3.05, 3.63) is 0 Å². The molecule has 1 aliphatic heterocycles. The summed E-state index contributed by atoms with van der Waals surface area (Å²) < 4.78 is 29.2. The van der Waals surface area contributed by atoms with Gasteiger partial charge in [0.05, 0.1) is 12.7 Å². The minimum Gasteiger partial charge on any atom is -0.480 e. The predicted octanol–water partition coefficient (Wildman–Crippen LogP) is -0.878. The van der Waals surface area contributed by atoms with Gasteiger partial charge in [0.2, 0.25) is 10.0 Å². The SMILES string of the molecule is CC1CN(S(=O)(=O)CC(=O)O)CCO1. The highest BCUT2D eigenvalue weighted by atomic mass is 32.2. The molecule has 1 unspecified atom stereocenters. The van der Waals surface area contributed by atoms with Crippen molar-refractivity contribution in [3.63, 3.8) is 0 Å². The van der Waals surface area contributed by atoms with E-state index in [1.807, 2.05) is 0 Å². The Hall–Kier alpha value is -0.660. The van der Waals surface area contributed by atoms with Crippen LogP contribution >= 0.6 is 0 Å². The van der Waals surface area contributed by atoms with Crippen molar-refractivity contribution < 1.29 is 23.1 Å². The molecule has 0 aromatic heterocycles. The Morgan fingerprint density at radius 3 is 2.79 bits per heavy atom. The molecule has 0 aromatic carbocycles. The van der Waals surface area contributed by atoms with Crippen molar-refractivity contribution in [1.82, 2.24) is 4.31 Å². The third kappa shape index (κ3) is 2.93. The number of carboxylic acid groups (broad SMARTS) is 1. The van der Waals surface area contributed by atoms with Crippen LogP contribution in [-0.4, -0.2) is 55.4 Å². The van der Waals surface area contributed by atoms with Crippen molar-refractivity contribution in [1.29, 1.82) is 0 Å². The van der Waals surface area contributed by atoms with E-state index in [1.165, 1.54) is 0 Å². The lowest BCUT2D eigenvalue weighted by Gasteiger charge is -2.29. The highest BCUT2D eigenvalue weighted by Crippen LogP contribution is 2.09. The fraction of sp³-hybridized carbons (Fsp3) is 0.857. The van der Waals surface area contributed by atoms with Gasteiger partial charge in [-0.25, -0.2) is 8.42 Å². The van der Waals surface area contributed by atoms with E-state index < -0.39 is 21.7 Å². The molecule has 1 heterocycles. The molecule has 1 atom stereocenters. The maximum Gasteiger partial charge on any atom is 0.320 e. The molecule has 0 spiro atoms. The Kier molecular flexibility index (Phi) is 3.46. The first-order valence-electron chi connectivity index (χ1n) is 4.23. The van der Waals surface area contributed by atoms with E-state index in [0.29, 0.717) is 6.61 Å². The van der Waals surface area contributed by atoms with Gasteiger partial charge in [0.25, 0.3) is 0 Å². The van der Waals surface area contributed by atoms with Gasteiger partial charge >= 0.3 is 5.97 Å². The van der Waals surface area contributed by atoms with E-state index in [1.54, 1.807) is 6.92 Å². The quantitative estimate of drug-likeness (QED) is 0.671. The lowest BCUT2D eigenvalue weighted by atomic mass is 10.3. The molecule has 14 heavy (non-hydrogen) atoms. The Bertz CT molecular complexity index is 312. The van der Waals surface area contributed by atoms with E-state index in [4.69, 9.17) is 9.84 Å². The van der Waals surface area contributed by atoms with Crippen LogP contribution in [0, 0.1) is 0 Å². The number of rotatable bonds is 3. The highest BCUT2D eigenvalue weighted by Gasteiger charge is 2.29. The summed E-state index contributed by atoms with van der Waals surface area (Å²) in [6.07, 6.45) is -0.174. The molecule has 82 valence electrons. The van der Waals surface area contributed by atoms with Crippen LogP contribution in [0.1, 0.15) is 6.92 Å². The molecule has 1 N–H and O–H groups in total. The molecule has 7 heteroatoms. The monoisotopic (exact) mass is 223 g/mol.